The summed E-state index contributed by atoms with van der Waals surface area (Å²) in [5, 5.41) is 9.41. The van der Waals surface area contributed by atoms with Crippen molar-refractivity contribution < 1.29 is 14.3 Å². The van der Waals surface area contributed by atoms with Gasteiger partial charge in [0, 0.05) is 18.4 Å². The zero-order valence-electron chi connectivity index (χ0n) is 13.7. The van der Waals surface area contributed by atoms with Crippen LogP contribution in [0.4, 0.5) is 9.18 Å². The summed E-state index contributed by atoms with van der Waals surface area (Å²) in [6, 6.07) is 5.54. The van der Waals surface area contributed by atoms with Crippen LogP contribution in [0.5, 0.6) is 0 Å². The van der Waals surface area contributed by atoms with Crippen LogP contribution in [0.3, 0.4) is 0 Å². The minimum atomic E-state index is -0.965. The number of halogens is 1. The van der Waals surface area contributed by atoms with Gasteiger partial charge in [-0.05, 0) is 43.5 Å². The van der Waals surface area contributed by atoms with E-state index >= 15 is 0 Å². The lowest BCUT2D eigenvalue weighted by Crippen LogP contribution is -2.28. The molecule has 1 aromatic heterocycles. The smallest absolute Gasteiger partial charge is 0.346 e. The fraction of sp³-hybridized carbons (Fsp3) is 0.412. The molecule has 2 heterocycles. The Balaban J connectivity index is 2.01. The van der Waals surface area contributed by atoms with Crippen molar-refractivity contribution in [3.8, 4) is 5.69 Å². The van der Waals surface area contributed by atoms with Crippen molar-refractivity contribution in [1.82, 2.24) is 9.47 Å². The molecule has 0 radical (unpaired) electrons. The Morgan fingerprint density at radius 2 is 2.21 bits per heavy atom. The van der Waals surface area contributed by atoms with Crippen molar-refractivity contribution in [3.63, 3.8) is 0 Å². The molecule has 24 heavy (non-hydrogen) atoms. The fourth-order valence-corrected chi connectivity index (χ4v) is 3.48. The van der Waals surface area contributed by atoms with Gasteiger partial charge in [-0.3, -0.25) is 4.57 Å². The molecule has 0 unspecified atom stereocenters. The molecule has 1 aliphatic rings. The first-order chi connectivity index (χ1) is 11.5. The Morgan fingerprint density at radius 3 is 2.83 bits per heavy atom. The average molecular weight is 349 g/mol. The zero-order chi connectivity index (χ0) is 17.3. The summed E-state index contributed by atoms with van der Waals surface area (Å²) in [6.45, 7) is 4.43. The SMILES string of the molecule is Cc1ccc(-n2cc(CO)sc2=NC(=O)N2CC[C@@H](F)C2)cc1C. The Labute approximate surface area is 143 Å². The highest BCUT2D eigenvalue weighted by Crippen LogP contribution is 2.16. The first-order valence-corrected chi connectivity index (χ1v) is 8.67. The van der Waals surface area contributed by atoms with Gasteiger partial charge in [-0.15, -0.1) is 0 Å². The van der Waals surface area contributed by atoms with Crippen LogP contribution in [0.2, 0.25) is 0 Å². The largest absolute Gasteiger partial charge is 0.391 e. The van der Waals surface area contributed by atoms with Crippen molar-refractivity contribution in [1.29, 1.82) is 0 Å². The van der Waals surface area contributed by atoms with Crippen molar-refractivity contribution in [2.75, 3.05) is 13.1 Å². The van der Waals surface area contributed by atoms with Gasteiger partial charge >= 0.3 is 6.03 Å². The number of likely N-dealkylation sites (tertiary alicyclic amines) is 1. The molecule has 2 aromatic rings. The molecule has 1 fully saturated rings. The summed E-state index contributed by atoms with van der Waals surface area (Å²) in [6.07, 6.45) is 1.18. The first kappa shape index (κ1) is 16.9. The topological polar surface area (TPSA) is 57.8 Å². The average Bonchev–Trinajstić information content (AvgIpc) is 3.16. The van der Waals surface area contributed by atoms with E-state index < -0.39 is 12.2 Å². The second-order valence-corrected chi connectivity index (χ2v) is 7.10. The molecule has 0 spiro atoms. The fourth-order valence-electron chi connectivity index (χ4n) is 2.65. The number of aliphatic hydroxyl groups excluding tert-OH is 1. The molecule has 5 nitrogen and oxygen atoms in total. The maximum Gasteiger partial charge on any atom is 0.346 e. The van der Waals surface area contributed by atoms with E-state index in [1.807, 2.05) is 32.0 Å². The second-order valence-electron chi connectivity index (χ2n) is 6.00. The molecule has 0 bridgehead atoms. The number of aromatic nitrogens is 1. The number of aryl methyl sites for hydroxylation is 2. The number of rotatable bonds is 2. The molecule has 0 aliphatic carbocycles. The first-order valence-electron chi connectivity index (χ1n) is 7.85. The zero-order valence-corrected chi connectivity index (χ0v) is 14.5. The summed E-state index contributed by atoms with van der Waals surface area (Å²) in [5.74, 6) is 0. The van der Waals surface area contributed by atoms with Crippen LogP contribution in [0.15, 0.2) is 29.4 Å². The molecular weight excluding hydrogens is 329 g/mol. The summed E-state index contributed by atoms with van der Waals surface area (Å²) >= 11 is 1.26. The monoisotopic (exact) mass is 349 g/mol. The summed E-state index contributed by atoms with van der Waals surface area (Å²) in [4.78, 5) is 19.1. The maximum atomic E-state index is 13.3. The lowest BCUT2D eigenvalue weighted by atomic mass is 10.1. The minimum absolute atomic E-state index is 0.101. The summed E-state index contributed by atoms with van der Waals surface area (Å²) in [7, 11) is 0. The second kappa shape index (κ2) is 6.86. The van der Waals surface area contributed by atoms with E-state index in [2.05, 4.69) is 4.99 Å². The molecule has 3 rings (SSSR count). The van der Waals surface area contributed by atoms with Gasteiger partial charge in [0.1, 0.15) is 6.17 Å². The van der Waals surface area contributed by atoms with Gasteiger partial charge in [0.25, 0.3) is 0 Å². The number of hydrogen-bond acceptors (Lipinski definition) is 3. The number of nitrogens with zero attached hydrogens (tertiary/aromatic N) is 3. The van der Waals surface area contributed by atoms with Crippen LogP contribution in [-0.2, 0) is 6.61 Å². The van der Waals surface area contributed by atoms with Gasteiger partial charge in [0.05, 0.1) is 18.0 Å². The van der Waals surface area contributed by atoms with Gasteiger partial charge < -0.3 is 10.0 Å². The van der Waals surface area contributed by atoms with Crippen molar-refractivity contribution in [2.45, 2.75) is 33.0 Å². The van der Waals surface area contributed by atoms with Crippen molar-refractivity contribution in [2.24, 2.45) is 4.99 Å². The van der Waals surface area contributed by atoms with Crippen molar-refractivity contribution >= 4 is 17.4 Å². The van der Waals surface area contributed by atoms with E-state index in [0.29, 0.717) is 22.6 Å². The number of aliphatic hydroxyl groups is 1. The van der Waals surface area contributed by atoms with Crippen LogP contribution in [0.25, 0.3) is 5.69 Å². The highest BCUT2D eigenvalue weighted by Gasteiger charge is 2.25. The molecule has 1 N–H and O–H groups in total. The number of amides is 2. The quantitative estimate of drug-likeness (QED) is 0.906. The highest BCUT2D eigenvalue weighted by molar-refractivity contribution is 7.09. The molecular formula is C17H20FN3O2S. The maximum absolute atomic E-state index is 13.3. The Bertz CT molecular complexity index is 827. The van der Waals surface area contributed by atoms with Gasteiger partial charge in [-0.25, -0.2) is 9.18 Å². The lowest BCUT2D eigenvalue weighted by molar-refractivity contribution is 0.213. The number of carbonyl (C=O) groups is 1. The molecule has 128 valence electrons. The molecule has 1 aliphatic heterocycles. The number of thiazole rings is 1. The van der Waals surface area contributed by atoms with Crippen molar-refractivity contribution in [3.05, 3.63) is 45.2 Å². The van der Waals surface area contributed by atoms with E-state index in [4.69, 9.17) is 0 Å². The van der Waals surface area contributed by atoms with Crippen LogP contribution in [0.1, 0.15) is 22.4 Å². The standard InChI is InChI=1S/C17H20FN3O2S/c1-11-3-4-14(7-12(11)2)21-9-15(10-22)24-17(21)19-16(23)20-6-5-13(18)8-20/h3-4,7,9,13,22H,5-6,8,10H2,1-2H3/t13-/m1/s1. The molecule has 1 aromatic carbocycles. The lowest BCUT2D eigenvalue weighted by Gasteiger charge is -2.11. The predicted octanol–water partition coefficient (Wildman–Crippen LogP) is 2.71. The van der Waals surface area contributed by atoms with E-state index in [9.17, 15) is 14.3 Å². The molecule has 1 saturated heterocycles. The predicted molar refractivity (Wildman–Crippen MR) is 91.1 cm³/mol. The highest BCUT2D eigenvalue weighted by atomic mass is 32.1. The van der Waals surface area contributed by atoms with Gasteiger partial charge in [-0.1, -0.05) is 17.4 Å². The number of benzene rings is 1. The third kappa shape index (κ3) is 3.42. The number of carbonyl (C=O) groups excluding carboxylic acids is 1. The number of hydrogen-bond donors (Lipinski definition) is 1. The summed E-state index contributed by atoms with van der Waals surface area (Å²) < 4.78 is 15.1. The minimum Gasteiger partial charge on any atom is -0.391 e. The Morgan fingerprint density at radius 1 is 1.42 bits per heavy atom. The van der Waals surface area contributed by atoms with Crippen LogP contribution in [-0.4, -0.2) is 39.9 Å². The Hall–Kier alpha value is -1.99. The van der Waals surface area contributed by atoms with E-state index in [1.54, 1.807) is 10.8 Å². The van der Waals surface area contributed by atoms with Crippen LogP contribution >= 0.6 is 11.3 Å². The number of alkyl halides is 1. The van der Waals surface area contributed by atoms with Gasteiger partial charge in [-0.2, -0.15) is 4.99 Å². The van der Waals surface area contributed by atoms with Gasteiger partial charge in [0.2, 0.25) is 0 Å². The van der Waals surface area contributed by atoms with E-state index in [0.717, 1.165) is 11.3 Å². The van der Waals surface area contributed by atoms with Crippen LogP contribution in [0, 0.1) is 13.8 Å². The third-order valence-electron chi connectivity index (χ3n) is 4.22. The normalized spacial score (nSPS) is 18.4. The van der Waals surface area contributed by atoms with E-state index in [-0.39, 0.29) is 13.2 Å². The molecule has 0 saturated carbocycles. The van der Waals surface area contributed by atoms with Gasteiger partial charge in [0.15, 0.2) is 4.80 Å². The van der Waals surface area contributed by atoms with E-state index in [1.165, 1.54) is 21.8 Å². The number of urea groups is 1. The molecule has 2 amide bonds. The molecule has 7 heteroatoms. The van der Waals surface area contributed by atoms with Crippen LogP contribution < -0.4 is 4.80 Å². The summed E-state index contributed by atoms with van der Waals surface area (Å²) in [5.41, 5.74) is 3.19. The third-order valence-corrected chi connectivity index (χ3v) is 5.19. The Kier molecular flexibility index (Phi) is 4.82. The molecule has 1 atom stereocenters.